The Morgan fingerprint density at radius 1 is 1.47 bits per heavy atom. The first-order chi connectivity index (χ1) is 7.82. The first-order valence-corrected chi connectivity index (χ1v) is 5.28. The number of nitro groups is 1. The van der Waals surface area contributed by atoms with E-state index in [1.807, 2.05) is 0 Å². The summed E-state index contributed by atoms with van der Waals surface area (Å²) in [6, 6.07) is 0.841. The average molecular weight is 262 g/mol. The number of aromatic nitrogens is 1. The quantitative estimate of drug-likeness (QED) is 0.583. The number of hydrogen-bond acceptors (Lipinski definition) is 4. The molecule has 0 bridgehead atoms. The largest absolute Gasteiger partial charge is 0.416 e. The molecule has 17 heavy (non-hydrogen) atoms. The molecule has 0 fully saturated rings. The van der Waals surface area contributed by atoms with E-state index in [1.54, 1.807) is 0 Å². The van der Waals surface area contributed by atoms with Gasteiger partial charge in [0.1, 0.15) is 4.70 Å². The number of nitro benzene ring substituents is 1. The van der Waals surface area contributed by atoms with Gasteiger partial charge in [-0.2, -0.15) is 13.2 Å². The summed E-state index contributed by atoms with van der Waals surface area (Å²) in [5, 5.41) is 10.8. The summed E-state index contributed by atoms with van der Waals surface area (Å²) in [5.41, 5.74) is -0.615. The molecule has 0 spiro atoms. The minimum Gasteiger partial charge on any atom is -0.258 e. The molecule has 1 aromatic carbocycles. The van der Waals surface area contributed by atoms with Gasteiger partial charge in [-0.15, -0.1) is 11.3 Å². The lowest BCUT2D eigenvalue weighted by molar-refractivity contribution is -0.383. The van der Waals surface area contributed by atoms with Gasteiger partial charge in [0, 0.05) is 5.56 Å². The van der Waals surface area contributed by atoms with E-state index in [9.17, 15) is 23.3 Å². The molecule has 0 saturated heterocycles. The predicted molar refractivity (Wildman–Crippen MR) is 56.0 cm³/mol. The molecule has 2 aromatic rings. The lowest BCUT2D eigenvalue weighted by atomic mass is 10.1. The number of rotatable bonds is 1. The van der Waals surface area contributed by atoms with Gasteiger partial charge < -0.3 is 0 Å². The summed E-state index contributed by atoms with van der Waals surface area (Å²) in [5.74, 6) is 0. The molecule has 0 aliphatic heterocycles. The fraction of sp³-hybridized carbons (Fsp3) is 0.222. The molecule has 0 saturated carbocycles. The van der Waals surface area contributed by atoms with Gasteiger partial charge in [-0.25, -0.2) is 4.98 Å². The molecule has 0 amide bonds. The highest BCUT2D eigenvalue weighted by atomic mass is 32.1. The molecule has 0 unspecified atom stereocenters. The summed E-state index contributed by atoms with van der Waals surface area (Å²) in [6.45, 7) is 1.10. The lowest BCUT2D eigenvalue weighted by Gasteiger charge is -2.10. The minimum absolute atomic E-state index is 0.000347. The van der Waals surface area contributed by atoms with Crippen molar-refractivity contribution in [2.45, 2.75) is 13.1 Å². The topological polar surface area (TPSA) is 56.0 Å². The maximum Gasteiger partial charge on any atom is 0.416 e. The molecule has 8 heteroatoms. The van der Waals surface area contributed by atoms with Crippen LogP contribution in [0.1, 0.15) is 11.1 Å². The van der Waals surface area contributed by atoms with Crippen molar-refractivity contribution in [3.63, 3.8) is 0 Å². The van der Waals surface area contributed by atoms with Gasteiger partial charge in [0.25, 0.3) is 5.69 Å². The predicted octanol–water partition coefficient (Wildman–Crippen LogP) is 3.53. The van der Waals surface area contributed by atoms with Crippen LogP contribution in [-0.2, 0) is 6.18 Å². The zero-order valence-corrected chi connectivity index (χ0v) is 9.22. The van der Waals surface area contributed by atoms with Crippen LogP contribution >= 0.6 is 11.3 Å². The number of fused-ring (bicyclic) bond motifs is 1. The van der Waals surface area contributed by atoms with E-state index >= 15 is 0 Å². The maximum atomic E-state index is 12.7. The zero-order valence-electron chi connectivity index (χ0n) is 8.41. The van der Waals surface area contributed by atoms with Crippen molar-refractivity contribution in [3.8, 4) is 0 Å². The lowest BCUT2D eigenvalue weighted by Crippen LogP contribution is -2.09. The van der Waals surface area contributed by atoms with E-state index in [1.165, 1.54) is 5.51 Å². The van der Waals surface area contributed by atoms with E-state index < -0.39 is 22.4 Å². The molecule has 90 valence electrons. The number of halogens is 3. The highest BCUT2D eigenvalue weighted by Crippen LogP contribution is 2.40. The van der Waals surface area contributed by atoms with Crippen LogP contribution in [0.25, 0.3) is 10.2 Å². The third kappa shape index (κ3) is 1.84. The standard InChI is InChI=1S/C9H5F3N2O2S/c1-4-5(9(10,11)12)2-6-8(17-3-13-6)7(4)14(15)16/h2-3H,1H3. The molecule has 4 nitrogen and oxygen atoms in total. The fourth-order valence-electron chi connectivity index (χ4n) is 1.59. The second kappa shape index (κ2) is 3.66. The van der Waals surface area contributed by atoms with Gasteiger partial charge in [-0.1, -0.05) is 0 Å². The van der Waals surface area contributed by atoms with E-state index in [0.717, 1.165) is 24.3 Å². The monoisotopic (exact) mass is 262 g/mol. The summed E-state index contributed by atoms with van der Waals surface area (Å²) in [4.78, 5) is 13.7. The highest BCUT2D eigenvalue weighted by Gasteiger charge is 2.37. The zero-order chi connectivity index (χ0) is 12.8. The Morgan fingerprint density at radius 2 is 2.12 bits per heavy atom. The van der Waals surface area contributed by atoms with Crippen LogP contribution in [0, 0.1) is 17.0 Å². The molecular formula is C9H5F3N2O2S. The van der Waals surface area contributed by atoms with Crippen LogP contribution in [0.4, 0.5) is 18.9 Å². The third-order valence-electron chi connectivity index (χ3n) is 2.34. The second-order valence-electron chi connectivity index (χ2n) is 3.35. The van der Waals surface area contributed by atoms with E-state index in [-0.39, 0.29) is 15.8 Å². The van der Waals surface area contributed by atoms with Crippen molar-refractivity contribution in [3.05, 3.63) is 32.8 Å². The normalized spacial score (nSPS) is 12.0. The number of alkyl halides is 3. The average Bonchev–Trinajstić information content (AvgIpc) is 2.61. The first-order valence-electron chi connectivity index (χ1n) is 4.40. The first kappa shape index (κ1) is 11.8. The Kier molecular flexibility index (Phi) is 2.53. The Labute approximate surface area is 96.9 Å². The van der Waals surface area contributed by atoms with Gasteiger partial charge in [-0.3, -0.25) is 10.1 Å². The van der Waals surface area contributed by atoms with Crippen LogP contribution in [0.3, 0.4) is 0 Å². The summed E-state index contributed by atoms with van der Waals surface area (Å²) >= 11 is 0.956. The molecule has 0 aliphatic carbocycles. The molecule has 0 radical (unpaired) electrons. The molecule has 0 N–H and O–H groups in total. The van der Waals surface area contributed by atoms with Crippen molar-refractivity contribution in [2.75, 3.05) is 0 Å². The van der Waals surface area contributed by atoms with Crippen molar-refractivity contribution in [1.82, 2.24) is 4.98 Å². The number of hydrogen-bond donors (Lipinski definition) is 0. The van der Waals surface area contributed by atoms with E-state index in [4.69, 9.17) is 0 Å². The van der Waals surface area contributed by atoms with Crippen molar-refractivity contribution in [1.29, 1.82) is 0 Å². The number of nitrogens with zero attached hydrogens (tertiary/aromatic N) is 2. The molecule has 2 rings (SSSR count). The van der Waals surface area contributed by atoms with E-state index in [2.05, 4.69) is 4.98 Å². The Morgan fingerprint density at radius 3 is 2.65 bits per heavy atom. The third-order valence-corrected chi connectivity index (χ3v) is 3.19. The van der Waals surface area contributed by atoms with Crippen LogP contribution in [0.2, 0.25) is 0 Å². The maximum absolute atomic E-state index is 12.7. The van der Waals surface area contributed by atoms with Gasteiger partial charge >= 0.3 is 6.18 Å². The fourth-order valence-corrected chi connectivity index (χ4v) is 2.44. The van der Waals surface area contributed by atoms with Crippen molar-refractivity contribution < 1.29 is 18.1 Å². The molecule has 0 aliphatic rings. The second-order valence-corrected chi connectivity index (χ2v) is 4.21. The van der Waals surface area contributed by atoms with Gasteiger partial charge in [0.15, 0.2) is 0 Å². The van der Waals surface area contributed by atoms with Gasteiger partial charge in [-0.05, 0) is 13.0 Å². The number of benzene rings is 1. The van der Waals surface area contributed by atoms with Crippen LogP contribution < -0.4 is 0 Å². The highest BCUT2D eigenvalue weighted by molar-refractivity contribution is 7.17. The van der Waals surface area contributed by atoms with Crippen LogP contribution in [0.5, 0.6) is 0 Å². The Bertz CT molecular complexity index is 606. The Hall–Kier alpha value is -1.70. The van der Waals surface area contributed by atoms with Gasteiger partial charge in [0.2, 0.25) is 0 Å². The van der Waals surface area contributed by atoms with Crippen molar-refractivity contribution in [2.24, 2.45) is 0 Å². The number of thiazole rings is 1. The molecule has 1 aromatic heterocycles. The smallest absolute Gasteiger partial charge is 0.258 e. The van der Waals surface area contributed by atoms with Gasteiger partial charge in [0.05, 0.1) is 21.5 Å². The van der Waals surface area contributed by atoms with Crippen LogP contribution in [-0.4, -0.2) is 9.91 Å². The molecular weight excluding hydrogens is 257 g/mol. The summed E-state index contributed by atoms with van der Waals surface area (Å²) in [6.07, 6.45) is -4.62. The summed E-state index contributed by atoms with van der Waals surface area (Å²) < 4.78 is 38.2. The van der Waals surface area contributed by atoms with Crippen LogP contribution in [0.15, 0.2) is 11.6 Å². The summed E-state index contributed by atoms with van der Waals surface area (Å²) in [7, 11) is 0. The molecule has 0 atom stereocenters. The van der Waals surface area contributed by atoms with E-state index in [0.29, 0.717) is 0 Å². The minimum atomic E-state index is -4.62. The Balaban J connectivity index is 2.89. The SMILES string of the molecule is Cc1c(C(F)(F)F)cc2ncsc2c1[N+](=O)[O-]. The van der Waals surface area contributed by atoms with Crippen molar-refractivity contribution >= 4 is 27.2 Å². The molecule has 1 heterocycles.